The standard InChI is InChI=1S/C7H9N3O3S/c1-3-13-7(11)6(9-12-2)5-4-14-10-8-5/h4H,3H2,1-2H3. The second-order valence-electron chi connectivity index (χ2n) is 2.13. The van der Waals surface area contributed by atoms with E-state index < -0.39 is 5.97 Å². The van der Waals surface area contributed by atoms with Crippen LogP contribution in [0.4, 0.5) is 0 Å². The highest BCUT2D eigenvalue weighted by atomic mass is 32.1. The number of esters is 1. The zero-order valence-corrected chi connectivity index (χ0v) is 8.58. The Morgan fingerprint density at radius 3 is 3.00 bits per heavy atom. The molecule has 0 spiro atoms. The average molecular weight is 215 g/mol. The molecule has 7 heteroatoms. The zero-order valence-electron chi connectivity index (χ0n) is 7.76. The first-order chi connectivity index (χ1) is 6.79. The van der Waals surface area contributed by atoms with Crippen LogP contribution in [0.3, 0.4) is 0 Å². The summed E-state index contributed by atoms with van der Waals surface area (Å²) < 4.78 is 8.38. The van der Waals surface area contributed by atoms with Crippen LogP contribution < -0.4 is 0 Å². The van der Waals surface area contributed by atoms with Gasteiger partial charge in [-0.05, 0) is 18.5 Å². The lowest BCUT2D eigenvalue weighted by atomic mass is 10.3. The van der Waals surface area contributed by atoms with Crippen LogP contribution in [0.5, 0.6) is 0 Å². The second-order valence-corrected chi connectivity index (χ2v) is 2.74. The van der Waals surface area contributed by atoms with Crippen LogP contribution in [0.15, 0.2) is 10.5 Å². The van der Waals surface area contributed by atoms with E-state index in [1.165, 1.54) is 7.11 Å². The zero-order chi connectivity index (χ0) is 10.4. The van der Waals surface area contributed by atoms with Crippen molar-refractivity contribution in [1.82, 2.24) is 9.59 Å². The van der Waals surface area contributed by atoms with Crippen molar-refractivity contribution in [2.75, 3.05) is 13.7 Å². The second kappa shape index (κ2) is 5.28. The highest BCUT2D eigenvalue weighted by Crippen LogP contribution is 2.02. The van der Waals surface area contributed by atoms with Crippen LogP contribution in [0, 0.1) is 0 Å². The number of aromatic nitrogens is 2. The molecule has 0 saturated carbocycles. The van der Waals surface area contributed by atoms with Crippen molar-refractivity contribution in [3.63, 3.8) is 0 Å². The molecule has 1 aromatic heterocycles. The molecule has 0 aromatic carbocycles. The molecule has 1 heterocycles. The summed E-state index contributed by atoms with van der Waals surface area (Å²) in [6.45, 7) is 1.99. The van der Waals surface area contributed by atoms with Crippen LogP contribution >= 0.6 is 11.5 Å². The number of carbonyl (C=O) groups excluding carboxylic acids is 1. The lowest BCUT2D eigenvalue weighted by Gasteiger charge is -2.00. The first kappa shape index (κ1) is 10.6. The van der Waals surface area contributed by atoms with Crippen molar-refractivity contribution >= 4 is 23.2 Å². The molecule has 0 radical (unpaired) electrons. The van der Waals surface area contributed by atoms with Crippen molar-refractivity contribution < 1.29 is 14.4 Å². The maximum absolute atomic E-state index is 11.3. The van der Waals surface area contributed by atoms with E-state index in [0.29, 0.717) is 5.69 Å². The third kappa shape index (κ3) is 2.49. The van der Waals surface area contributed by atoms with Gasteiger partial charge in [0.2, 0.25) is 5.71 Å². The SMILES string of the molecule is CCOC(=O)C(=NOC)c1csnn1. The fourth-order valence-electron chi connectivity index (χ4n) is 0.747. The average Bonchev–Trinajstić information content (AvgIpc) is 2.67. The molecule has 0 amide bonds. The minimum absolute atomic E-state index is 0.0306. The number of hydrogen-bond donors (Lipinski definition) is 0. The van der Waals surface area contributed by atoms with Gasteiger partial charge in [0.15, 0.2) is 0 Å². The summed E-state index contributed by atoms with van der Waals surface area (Å²) >= 11 is 1.12. The maximum atomic E-state index is 11.3. The van der Waals surface area contributed by atoms with Gasteiger partial charge in [0, 0.05) is 5.38 Å². The number of ether oxygens (including phenoxy) is 1. The predicted octanol–water partition coefficient (Wildman–Crippen LogP) is 0.452. The Morgan fingerprint density at radius 1 is 1.71 bits per heavy atom. The van der Waals surface area contributed by atoms with Crippen LogP contribution in [0.25, 0.3) is 0 Å². The third-order valence-corrected chi connectivity index (χ3v) is 1.76. The Labute approximate surface area is 84.7 Å². The van der Waals surface area contributed by atoms with Gasteiger partial charge in [0.05, 0.1) is 6.61 Å². The molecule has 0 aliphatic carbocycles. The van der Waals surface area contributed by atoms with Crippen molar-refractivity contribution in [1.29, 1.82) is 0 Å². The predicted molar refractivity (Wildman–Crippen MR) is 50.1 cm³/mol. The topological polar surface area (TPSA) is 73.7 Å². The van der Waals surface area contributed by atoms with Gasteiger partial charge in [-0.25, -0.2) is 4.79 Å². The fraction of sp³-hybridized carbons (Fsp3) is 0.429. The minimum Gasteiger partial charge on any atom is -0.461 e. The summed E-state index contributed by atoms with van der Waals surface area (Å²) in [6, 6.07) is 0. The van der Waals surface area contributed by atoms with Gasteiger partial charge >= 0.3 is 5.97 Å². The third-order valence-electron chi connectivity index (χ3n) is 1.25. The maximum Gasteiger partial charge on any atom is 0.362 e. The van der Waals surface area contributed by atoms with E-state index in [9.17, 15) is 4.79 Å². The Morgan fingerprint density at radius 2 is 2.50 bits per heavy atom. The van der Waals surface area contributed by atoms with Crippen LogP contribution in [-0.2, 0) is 14.4 Å². The van der Waals surface area contributed by atoms with Gasteiger partial charge in [-0.3, -0.25) is 0 Å². The van der Waals surface area contributed by atoms with E-state index in [-0.39, 0.29) is 12.3 Å². The summed E-state index contributed by atoms with van der Waals surface area (Å²) in [6.07, 6.45) is 0. The van der Waals surface area contributed by atoms with Gasteiger partial charge in [-0.1, -0.05) is 9.64 Å². The van der Waals surface area contributed by atoms with E-state index in [2.05, 4.69) is 19.6 Å². The van der Waals surface area contributed by atoms with Crippen molar-refractivity contribution in [3.05, 3.63) is 11.1 Å². The largest absolute Gasteiger partial charge is 0.461 e. The molecule has 0 aliphatic heterocycles. The van der Waals surface area contributed by atoms with E-state index in [1.54, 1.807) is 12.3 Å². The minimum atomic E-state index is -0.568. The number of oxime groups is 1. The van der Waals surface area contributed by atoms with E-state index in [0.717, 1.165) is 11.5 Å². The number of rotatable bonds is 4. The smallest absolute Gasteiger partial charge is 0.362 e. The molecule has 1 aromatic rings. The lowest BCUT2D eigenvalue weighted by molar-refractivity contribution is -0.135. The summed E-state index contributed by atoms with van der Waals surface area (Å²) in [4.78, 5) is 15.9. The van der Waals surface area contributed by atoms with E-state index >= 15 is 0 Å². The van der Waals surface area contributed by atoms with Crippen molar-refractivity contribution in [2.24, 2.45) is 5.16 Å². The molecule has 0 fully saturated rings. The summed E-state index contributed by atoms with van der Waals surface area (Å²) in [5, 5.41) is 8.82. The van der Waals surface area contributed by atoms with E-state index in [4.69, 9.17) is 4.74 Å². The van der Waals surface area contributed by atoms with E-state index in [1.807, 2.05) is 0 Å². The summed E-state index contributed by atoms with van der Waals surface area (Å²) in [5.41, 5.74) is 0.387. The number of nitrogens with zero attached hydrogens (tertiary/aromatic N) is 3. The highest BCUT2D eigenvalue weighted by molar-refractivity contribution is 7.03. The molecule has 14 heavy (non-hydrogen) atoms. The Hall–Kier alpha value is -1.50. The molecule has 76 valence electrons. The molecule has 0 unspecified atom stereocenters. The summed E-state index contributed by atoms with van der Waals surface area (Å²) in [7, 11) is 1.35. The first-order valence-corrected chi connectivity index (χ1v) is 4.69. The molecule has 0 aliphatic rings. The molecule has 0 saturated heterocycles. The Kier molecular flexibility index (Phi) is 3.99. The van der Waals surface area contributed by atoms with Crippen LogP contribution in [-0.4, -0.2) is 35.0 Å². The molecule has 1 rings (SSSR count). The fourth-order valence-corrected chi connectivity index (χ4v) is 1.19. The van der Waals surface area contributed by atoms with Crippen LogP contribution in [0.1, 0.15) is 12.6 Å². The van der Waals surface area contributed by atoms with Gasteiger partial charge in [0.25, 0.3) is 0 Å². The monoisotopic (exact) mass is 215 g/mol. The normalized spacial score (nSPS) is 11.1. The molecular weight excluding hydrogens is 206 g/mol. The Bertz CT molecular complexity index is 323. The first-order valence-electron chi connectivity index (χ1n) is 3.85. The Balaban J connectivity index is 2.86. The van der Waals surface area contributed by atoms with Gasteiger partial charge < -0.3 is 9.57 Å². The highest BCUT2D eigenvalue weighted by Gasteiger charge is 2.18. The molecule has 0 bridgehead atoms. The molecule has 0 atom stereocenters. The quantitative estimate of drug-likeness (QED) is 0.414. The summed E-state index contributed by atoms with van der Waals surface area (Å²) in [5.74, 6) is -0.568. The van der Waals surface area contributed by atoms with Gasteiger partial charge in [0.1, 0.15) is 12.8 Å². The van der Waals surface area contributed by atoms with Gasteiger partial charge in [-0.2, -0.15) is 0 Å². The number of carbonyl (C=O) groups is 1. The van der Waals surface area contributed by atoms with Crippen molar-refractivity contribution in [3.8, 4) is 0 Å². The van der Waals surface area contributed by atoms with Crippen LogP contribution in [0.2, 0.25) is 0 Å². The lowest BCUT2D eigenvalue weighted by Crippen LogP contribution is -2.19. The molecular formula is C7H9N3O3S. The van der Waals surface area contributed by atoms with Gasteiger partial charge in [-0.15, -0.1) is 5.10 Å². The number of hydrogen-bond acceptors (Lipinski definition) is 7. The van der Waals surface area contributed by atoms with Crippen molar-refractivity contribution in [2.45, 2.75) is 6.92 Å². The molecule has 6 nitrogen and oxygen atoms in total. The molecule has 0 N–H and O–H groups in total.